The molecule has 1 atom stereocenters. The van der Waals surface area contributed by atoms with Gasteiger partial charge in [-0.2, -0.15) is 0 Å². The van der Waals surface area contributed by atoms with Crippen LogP contribution in [0.5, 0.6) is 0 Å². The molecule has 0 fully saturated rings. The molecule has 0 aromatic heterocycles. The Balaban J connectivity index is 2.74. The summed E-state index contributed by atoms with van der Waals surface area (Å²) in [5, 5.41) is 0. The Labute approximate surface area is 96.3 Å². The average molecular weight is 225 g/mol. The number of ether oxygens (including phenoxy) is 1. The molecule has 4 nitrogen and oxygen atoms in total. The second-order valence-electron chi connectivity index (χ2n) is 4.94. The first-order valence-electron chi connectivity index (χ1n) is 5.50. The minimum absolute atomic E-state index is 0.133. The minimum atomic E-state index is -0.513. The van der Waals surface area contributed by atoms with Crippen molar-refractivity contribution in [3.8, 4) is 0 Å². The molecule has 1 rings (SSSR count). The first-order valence-corrected chi connectivity index (χ1v) is 5.50. The van der Waals surface area contributed by atoms with Crippen molar-refractivity contribution in [2.45, 2.75) is 52.2 Å². The summed E-state index contributed by atoms with van der Waals surface area (Å²) in [5.41, 5.74) is -0.513. The fourth-order valence-corrected chi connectivity index (χ4v) is 1.61. The monoisotopic (exact) mass is 225 g/mol. The van der Waals surface area contributed by atoms with E-state index in [4.69, 9.17) is 4.74 Å². The van der Waals surface area contributed by atoms with Crippen LogP contribution in [0.2, 0.25) is 0 Å². The molecular weight excluding hydrogens is 206 g/mol. The van der Waals surface area contributed by atoms with Gasteiger partial charge in [0.2, 0.25) is 5.91 Å². The molecule has 1 aliphatic rings. The van der Waals surface area contributed by atoms with Crippen molar-refractivity contribution in [3.63, 3.8) is 0 Å². The van der Waals surface area contributed by atoms with Gasteiger partial charge in [-0.1, -0.05) is 6.08 Å². The summed E-state index contributed by atoms with van der Waals surface area (Å²) in [6.45, 7) is 6.91. The molecule has 1 heterocycles. The van der Waals surface area contributed by atoms with Crippen LogP contribution in [0.3, 0.4) is 0 Å². The molecule has 0 aromatic rings. The predicted molar refractivity (Wildman–Crippen MR) is 60.5 cm³/mol. The average Bonchev–Trinajstić information content (AvgIpc) is 2.15. The van der Waals surface area contributed by atoms with E-state index in [-0.39, 0.29) is 11.9 Å². The summed E-state index contributed by atoms with van der Waals surface area (Å²) >= 11 is 0. The number of esters is 1. The van der Waals surface area contributed by atoms with Crippen LogP contribution in [0.1, 0.15) is 40.5 Å². The third-order valence-corrected chi connectivity index (χ3v) is 2.25. The van der Waals surface area contributed by atoms with Gasteiger partial charge in [-0.25, -0.2) is 4.79 Å². The fourth-order valence-electron chi connectivity index (χ4n) is 1.61. The van der Waals surface area contributed by atoms with Gasteiger partial charge < -0.3 is 9.64 Å². The summed E-state index contributed by atoms with van der Waals surface area (Å²) in [5.74, 6) is -0.459. The first-order chi connectivity index (χ1) is 7.31. The zero-order chi connectivity index (χ0) is 12.3. The van der Waals surface area contributed by atoms with Crippen LogP contribution in [-0.2, 0) is 14.3 Å². The van der Waals surface area contributed by atoms with E-state index in [9.17, 15) is 9.59 Å². The normalized spacial score (nSPS) is 20.8. The number of allylic oxidation sites excluding steroid dienone is 1. The highest BCUT2D eigenvalue weighted by Gasteiger charge is 2.31. The minimum Gasteiger partial charge on any atom is -0.458 e. The molecule has 0 aromatic carbocycles. The molecule has 0 aliphatic carbocycles. The smallest absolute Gasteiger partial charge is 0.329 e. The van der Waals surface area contributed by atoms with Gasteiger partial charge in [-0.15, -0.1) is 0 Å². The van der Waals surface area contributed by atoms with Crippen molar-refractivity contribution in [2.24, 2.45) is 0 Å². The largest absolute Gasteiger partial charge is 0.458 e. The summed E-state index contributed by atoms with van der Waals surface area (Å²) < 4.78 is 5.29. The molecule has 0 bridgehead atoms. The lowest BCUT2D eigenvalue weighted by atomic mass is 10.1. The molecule has 16 heavy (non-hydrogen) atoms. The standard InChI is InChI=1S/C12H19NO3/c1-9(14)13-8-6-5-7-10(13)11(15)16-12(2,3)4/h6,8,10H,5,7H2,1-4H3. The Bertz CT molecular complexity index is 315. The first kappa shape index (κ1) is 12.7. The number of nitrogens with zero attached hydrogens (tertiary/aromatic N) is 1. The van der Waals surface area contributed by atoms with Crippen molar-refractivity contribution in [3.05, 3.63) is 12.3 Å². The molecule has 90 valence electrons. The Hall–Kier alpha value is -1.32. The molecule has 0 spiro atoms. The maximum absolute atomic E-state index is 11.9. The van der Waals surface area contributed by atoms with Crippen molar-refractivity contribution < 1.29 is 14.3 Å². The lowest BCUT2D eigenvalue weighted by Gasteiger charge is -2.31. The lowest BCUT2D eigenvalue weighted by molar-refractivity contribution is -0.163. The van der Waals surface area contributed by atoms with Crippen molar-refractivity contribution in [2.75, 3.05) is 0 Å². The van der Waals surface area contributed by atoms with Gasteiger partial charge in [0.1, 0.15) is 11.6 Å². The van der Waals surface area contributed by atoms with Gasteiger partial charge in [0.05, 0.1) is 0 Å². The number of amides is 1. The molecule has 0 saturated carbocycles. The molecule has 0 N–H and O–H groups in total. The van der Waals surface area contributed by atoms with E-state index in [2.05, 4.69) is 0 Å². The molecule has 0 radical (unpaired) electrons. The maximum Gasteiger partial charge on any atom is 0.329 e. The summed E-state index contributed by atoms with van der Waals surface area (Å²) in [6, 6.07) is -0.471. The van der Waals surface area contributed by atoms with Crippen LogP contribution in [0.25, 0.3) is 0 Å². The van der Waals surface area contributed by atoms with E-state index in [1.807, 2.05) is 26.8 Å². The summed E-state index contributed by atoms with van der Waals surface area (Å²) in [7, 11) is 0. The highest BCUT2D eigenvalue weighted by molar-refractivity contribution is 5.84. The molecule has 1 unspecified atom stereocenters. The van der Waals surface area contributed by atoms with Crippen molar-refractivity contribution in [1.29, 1.82) is 0 Å². The predicted octanol–water partition coefficient (Wildman–Crippen LogP) is 1.85. The topological polar surface area (TPSA) is 46.6 Å². The summed E-state index contributed by atoms with van der Waals surface area (Å²) in [6.07, 6.45) is 4.99. The molecule has 1 amide bonds. The van der Waals surface area contributed by atoms with Gasteiger partial charge in [-0.05, 0) is 33.6 Å². The Morgan fingerprint density at radius 3 is 2.50 bits per heavy atom. The fraction of sp³-hybridized carbons (Fsp3) is 0.667. The van der Waals surface area contributed by atoms with Gasteiger partial charge in [0.25, 0.3) is 0 Å². The highest BCUT2D eigenvalue weighted by Crippen LogP contribution is 2.19. The maximum atomic E-state index is 11.9. The van der Waals surface area contributed by atoms with Crippen LogP contribution in [0, 0.1) is 0 Å². The third kappa shape index (κ3) is 3.36. The van der Waals surface area contributed by atoms with E-state index >= 15 is 0 Å². The SMILES string of the molecule is CC(=O)N1C=CCCC1C(=O)OC(C)(C)C. The molecular formula is C12H19NO3. The van der Waals surface area contributed by atoms with E-state index in [0.717, 1.165) is 6.42 Å². The number of hydrogen-bond donors (Lipinski definition) is 0. The van der Waals surface area contributed by atoms with Crippen LogP contribution >= 0.6 is 0 Å². The number of rotatable bonds is 1. The van der Waals surface area contributed by atoms with Gasteiger partial charge >= 0.3 is 5.97 Å². The Morgan fingerprint density at radius 1 is 1.38 bits per heavy atom. The van der Waals surface area contributed by atoms with E-state index in [1.54, 1.807) is 6.20 Å². The third-order valence-electron chi connectivity index (χ3n) is 2.25. The number of carbonyl (C=O) groups excluding carboxylic acids is 2. The van der Waals surface area contributed by atoms with E-state index in [1.165, 1.54) is 11.8 Å². The molecule has 4 heteroatoms. The van der Waals surface area contributed by atoms with Crippen molar-refractivity contribution in [1.82, 2.24) is 4.90 Å². The highest BCUT2D eigenvalue weighted by atomic mass is 16.6. The van der Waals surface area contributed by atoms with Crippen LogP contribution < -0.4 is 0 Å². The van der Waals surface area contributed by atoms with Gasteiger partial charge in [0.15, 0.2) is 0 Å². The summed E-state index contributed by atoms with van der Waals surface area (Å²) in [4.78, 5) is 24.7. The quantitative estimate of drug-likeness (QED) is 0.640. The van der Waals surface area contributed by atoms with Crippen LogP contribution in [0.4, 0.5) is 0 Å². The number of hydrogen-bond acceptors (Lipinski definition) is 3. The van der Waals surface area contributed by atoms with E-state index in [0.29, 0.717) is 6.42 Å². The second-order valence-corrected chi connectivity index (χ2v) is 4.94. The Kier molecular flexibility index (Phi) is 3.73. The van der Waals surface area contributed by atoms with Gasteiger partial charge in [0, 0.05) is 13.1 Å². The zero-order valence-electron chi connectivity index (χ0n) is 10.3. The number of carbonyl (C=O) groups is 2. The van der Waals surface area contributed by atoms with Gasteiger partial charge in [-0.3, -0.25) is 4.79 Å². The Morgan fingerprint density at radius 2 is 2.00 bits per heavy atom. The van der Waals surface area contributed by atoms with Crippen LogP contribution in [-0.4, -0.2) is 28.4 Å². The molecule has 1 aliphatic heterocycles. The second kappa shape index (κ2) is 4.68. The van der Waals surface area contributed by atoms with E-state index < -0.39 is 11.6 Å². The lowest BCUT2D eigenvalue weighted by Crippen LogP contribution is -2.45. The van der Waals surface area contributed by atoms with Crippen molar-refractivity contribution >= 4 is 11.9 Å². The molecule has 0 saturated heterocycles. The zero-order valence-corrected chi connectivity index (χ0v) is 10.3. The van der Waals surface area contributed by atoms with Crippen LogP contribution in [0.15, 0.2) is 12.3 Å².